The summed E-state index contributed by atoms with van der Waals surface area (Å²) < 4.78 is 4.86. The van der Waals surface area contributed by atoms with E-state index in [-0.39, 0.29) is 23.5 Å². The lowest BCUT2D eigenvalue weighted by Crippen LogP contribution is -2.43. The van der Waals surface area contributed by atoms with E-state index in [0.717, 1.165) is 5.56 Å². The van der Waals surface area contributed by atoms with Crippen LogP contribution in [0.2, 0.25) is 0 Å². The molecule has 0 saturated carbocycles. The largest absolute Gasteiger partial charge is 0.468 e. The van der Waals surface area contributed by atoms with Crippen molar-refractivity contribution >= 4 is 35.9 Å². The van der Waals surface area contributed by atoms with Gasteiger partial charge in [0, 0.05) is 11.2 Å². The zero-order valence-electron chi connectivity index (χ0n) is 12.6. The molecule has 1 aromatic rings. The Kier molecular flexibility index (Phi) is 4.94. The van der Waals surface area contributed by atoms with Crippen LogP contribution in [0.4, 0.5) is 0 Å². The Morgan fingerprint density at radius 1 is 1.48 bits per heavy atom. The van der Waals surface area contributed by atoms with Gasteiger partial charge in [0.1, 0.15) is 6.61 Å². The molecule has 0 radical (unpaired) electrons. The molecule has 0 spiro atoms. The number of benzene rings is 1. The minimum atomic E-state index is -0.530. The summed E-state index contributed by atoms with van der Waals surface area (Å²) in [5.74, 6) is 0.273. The van der Waals surface area contributed by atoms with Crippen molar-refractivity contribution in [2.75, 3.05) is 6.61 Å². The van der Waals surface area contributed by atoms with Gasteiger partial charge in [-0.15, -0.1) is 0 Å². The van der Waals surface area contributed by atoms with Crippen molar-refractivity contribution in [3.8, 4) is 0 Å². The number of hydrogen-bond acceptors (Lipinski definition) is 4. The third-order valence-corrected chi connectivity index (χ3v) is 4.57. The van der Waals surface area contributed by atoms with E-state index in [4.69, 9.17) is 17.0 Å². The van der Waals surface area contributed by atoms with Crippen molar-refractivity contribution in [3.05, 3.63) is 35.9 Å². The summed E-state index contributed by atoms with van der Waals surface area (Å²) in [7, 11) is 0. The van der Waals surface area contributed by atoms with Crippen LogP contribution in [0.25, 0.3) is 0 Å². The first kappa shape index (κ1) is 16.3. The van der Waals surface area contributed by atoms with Crippen LogP contribution >= 0.6 is 24.8 Å². The van der Waals surface area contributed by atoms with Crippen molar-refractivity contribution in [2.45, 2.75) is 38.0 Å². The lowest BCUT2D eigenvalue weighted by Gasteiger charge is -2.29. The lowest BCUT2D eigenvalue weighted by molar-refractivity contribution is -0.129. The topological polar surface area (TPSA) is 29.5 Å². The Labute approximate surface area is 137 Å². The molecule has 0 bridgehead atoms. The highest BCUT2D eigenvalue weighted by atomic mass is 32.1. The summed E-state index contributed by atoms with van der Waals surface area (Å²) in [5, 5.41) is 0.288. The molecule has 114 valence electrons. The van der Waals surface area contributed by atoms with E-state index in [1.165, 1.54) is 0 Å². The van der Waals surface area contributed by atoms with E-state index in [1.54, 1.807) is 4.90 Å². The van der Waals surface area contributed by atoms with Crippen molar-refractivity contribution in [1.29, 1.82) is 0 Å². The van der Waals surface area contributed by atoms with Gasteiger partial charge in [-0.2, -0.15) is 12.6 Å². The molecule has 0 unspecified atom stereocenters. The molecule has 0 aliphatic carbocycles. The molecule has 0 aromatic heterocycles. The normalized spacial score (nSPS) is 21.3. The van der Waals surface area contributed by atoms with Crippen LogP contribution in [0.5, 0.6) is 0 Å². The van der Waals surface area contributed by atoms with E-state index in [2.05, 4.69) is 26.5 Å². The summed E-state index contributed by atoms with van der Waals surface area (Å²) in [6.07, 6.45) is 0.285. The Hall–Kier alpha value is -1.07. The second kappa shape index (κ2) is 6.36. The van der Waals surface area contributed by atoms with E-state index in [1.807, 2.05) is 37.3 Å². The van der Waals surface area contributed by atoms with Gasteiger partial charge in [0.25, 0.3) is 5.17 Å². The molecule has 3 nitrogen and oxygen atoms in total. The van der Waals surface area contributed by atoms with Gasteiger partial charge < -0.3 is 4.74 Å². The number of thiocarbonyl (C=S) groups is 1. The fourth-order valence-electron chi connectivity index (χ4n) is 2.49. The Morgan fingerprint density at radius 3 is 2.67 bits per heavy atom. The summed E-state index contributed by atoms with van der Waals surface area (Å²) in [6.45, 7) is 6.57. The Morgan fingerprint density at radius 2 is 2.10 bits per heavy atom. The maximum atomic E-state index is 12.7. The van der Waals surface area contributed by atoms with Gasteiger partial charge in [-0.25, -0.2) is 0 Å². The van der Waals surface area contributed by atoms with E-state index in [0.29, 0.717) is 12.5 Å². The van der Waals surface area contributed by atoms with Crippen molar-refractivity contribution in [3.63, 3.8) is 0 Å². The molecule has 0 N–H and O–H groups in total. The highest BCUT2D eigenvalue weighted by molar-refractivity contribution is 7.81. The lowest BCUT2D eigenvalue weighted by atomic mass is 9.95. The molecule has 2 rings (SSSR count). The van der Waals surface area contributed by atoms with Crippen LogP contribution in [-0.2, 0) is 14.3 Å². The number of thiol groups is 1. The first-order valence-electron chi connectivity index (χ1n) is 7.09. The number of carbonyl (C=O) groups excluding carboxylic acids is 1. The van der Waals surface area contributed by atoms with Gasteiger partial charge in [-0.1, -0.05) is 44.2 Å². The summed E-state index contributed by atoms with van der Waals surface area (Å²) in [6, 6.07) is 9.85. The number of hydrogen-bond donors (Lipinski definition) is 1. The van der Waals surface area contributed by atoms with Crippen LogP contribution in [-0.4, -0.2) is 28.6 Å². The van der Waals surface area contributed by atoms with Crippen LogP contribution < -0.4 is 0 Å². The number of rotatable bonds is 4. The Balaban J connectivity index is 2.15. The molecule has 5 heteroatoms. The van der Waals surface area contributed by atoms with Crippen LogP contribution in [0.3, 0.4) is 0 Å². The van der Waals surface area contributed by atoms with E-state index >= 15 is 0 Å². The second-order valence-electron chi connectivity index (χ2n) is 5.97. The van der Waals surface area contributed by atoms with Gasteiger partial charge in [-0.05, 0) is 30.6 Å². The smallest absolute Gasteiger partial charge is 0.266 e. The maximum absolute atomic E-state index is 12.7. The minimum absolute atomic E-state index is 0.0184. The monoisotopic (exact) mass is 323 g/mol. The van der Waals surface area contributed by atoms with Gasteiger partial charge in [0.2, 0.25) is 5.91 Å². The van der Waals surface area contributed by atoms with Gasteiger partial charge in [0.15, 0.2) is 0 Å². The van der Waals surface area contributed by atoms with Crippen LogP contribution in [0, 0.1) is 5.92 Å². The van der Waals surface area contributed by atoms with Crippen molar-refractivity contribution < 1.29 is 9.53 Å². The fraction of sp³-hybridized carbons (Fsp3) is 0.500. The molecule has 1 heterocycles. The molecular weight excluding hydrogens is 302 g/mol. The molecule has 21 heavy (non-hydrogen) atoms. The number of nitrogens with zero attached hydrogens (tertiary/aromatic N) is 1. The molecule has 1 aromatic carbocycles. The predicted octanol–water partition coefficient (Wildman–Crippen LogP) is 3.39. The van der Waals surface area contributed by atoms with Crippen LogP contribution in [0.1, 0.15) is 32.8 Å². The van der Waals surface area contributed by atoms with Crippen molar-refractivity contribution in [2.24, 2.45) is 5.92 Å². The van der Waals surface area contributed by atoms with Gasteiger partial charge in [-0.3, -0.25) is 9.69 Å². The van der Waals surface area contributed by atoms with Crippen LogP contribution in [0.15, 0.2) is 30.3 Å². The average Bonchev–Trinajstić information content (AvgIpc) is 2.81. The zero-order chi connectivity index (χ0) is 15.6. The zero-order valence-corrected chi connectivity index (χ0v) is 14.3. The first-order valence-corrected chi connectivity index (χ1v) is 7.95. The molecule has 2 atom stereocenters. The number of ether oxygens (including phenoxy) is 1. The SMILES string of the molecule is CC(C)[C@H]1COC(=S)N1C(=O)C[C@](C)(S)c1ccccc1. The average molecular weight is 323 g/mol. The summed E-state index contributed by atoms with van der Waals surface area (Å²) in [4.78, 5) is 14.3. The number of amides is 1. The van der Waals surface area contributed by atoms with E-state index in [9.17, 15) is 4.79 Å². The third kappa shape index (κ3) is 3.58. The quantitative estimate of drug-likeness (QED) is 0.680. The first-order chi connectivity index (χ1) is 9.83. The second-order valence-corrected chi connectivity index (χ2v) is 7.30. The maximum Gasteiger partial charge on any atom is 0.266 e. The highest BCUT2D eigenvalue weighted by Crippen LogP contribution is 2.33. The molecule has 1 fully saturated rings. The molecule has 1 aliphatic rings. The summed E-state index contributed by atoms with van der Waals surface area (Å²) in [5.41, 5.74) is 1.02. The molecule has 1 amide bonds. The molecular formula is C16H21NO2S2. The fourth-order valence-corrected chi connectivity index (χ4v) is 3.08. The van der Waals surface area contributed by atoms with Gasteiger partial charge in [0.05, 0.1) is 6.04 Å². The highest BCUT2D eigenvalue weighted by Gasteiger charge is 2.39. The van der Waals surface area contributed by atoms with Gasteiger partial charge >= 0.3 is 0 Å². The predicted molar refractivity (Wildman–Crippen MR) is 91.4 cm³/mol. The molecule has 1 saturated heterocycles. The number of carbonyl (C=O) groups is 1. The standard InChI is InChI=1S/C16H21NO2S2/c1-11(2)13-10-19-15(20)17(13)14(18)9-16(3,21)12-7-5-4-6-8-12/h4-8,11,13,21H,9-10H2,1-3H3/t13-,16+/m1/s1. The van der Waals surface area contributed by atoms with Crippen molar-refractivity contribution in [1.82, 2.24) is 4.90 Å². The Bertz CT molecular complexity index is 528. The summed E-state index contributed by atoms with van der Waals surface area (Å²) >= 11 is 9.86. The van der Waals surface area contributed by atoms with E-state index < -0.39 is 4.75 Å². The third-order valence-electron chi connectivity index (χ3n) is 3.84. The minimum Gasteiger partial charge on any atom is -0.468 e. The molecule has 1 aliphatic heterocycles.